The summed E-state index contributed by atoms with van der Waals surface area (Å²) >= 11 is 3.31. The van der Waals surface area contributed by atoms with Crippen molar-refractivity contribution in [2.75, 3.05) is 0 Å². The van der Waals surface area contributed by atoms with Gasteiger partial charge in [0.25, 0.3) is 0 Å². The van der Waals surface area contributed by atoms with E-state index in [2.05, 4.69) is 4.99 Å². The third-order valence-electron chi connectivity index (χ3n) is 5.85. The number of benzene rings is 1. The van der Waals surface area contributed by atoms with Crippen molar-refractivity contribution in [2.24, 2.45) is 22.7 Å². The van der Waals surface area contributed by atoms with Crippen molar-refractivity contribution < 1.29 is 9.90 Å². The molecule has 1 aromatic rings. The number of hydrogen-bond donors (Lipinski definition) is 1. The summed E-state index contributed by atoms with van der Waals surface area (Å²) in [6, 6.07) is 7.63. The fraction of sp³-hybridized carbons (Fsp3) is 0.529. The number of amides is 1. The fourth-order valence-corrected chi connectivity index (χ4v) is 8.11. The molecule has 6 atom stereocenters. The Bertz CT molecular complexity index is 672. The third kappa shape index (κ3) is 1.84. The minimum atomic E-state index is -0.0244. The maximum absolute atomic E-state index is 11.9. The van der Waals surface area contributed by atoms with Crippen LogP contribution in [0, 0.1) is 17.8 Å². The molecule has 1 amide bonds. The zero-order valence-corrected chi connectivity index (χ0v) is 13.6. The second kappa shape index (κ2) is 4.78. The van der Waals surface area contributed by atoms with Gasteiger partial charge in [-0.2, -0.15) is 0 Å². The van der Waals surface area contributed by atoms with E-state index in [1.807, 2.05) is 23.9 Å². The van der Waals surface area contributed by atoms with Crippen LogP contribution in [0.25, 0.3) is 0 Å². The van der Waals surface area contributed by atoms with Gasteiger partial charge in [-0.15, -0.1) is 11.8 Å². The molecule has 2 aliphatic carbocycles. The number of fused-ring (bicyclic) bond motifs is 6. The Morgan fingerprint density at radius 3 is 2.68 bits per heavy atom. The van der Waals surface area contributed by atoms with Crippen LogP contribution in [0.2, 0.25) is 0 Å². The largest absolute Gasteiger partial charge is 0.508 e. The molecule has 0 radical (unpaired) electrons. The Hall–Kier alpha value is -0.940. The molecule has 3 nitrogen and oxygen atoms in total. The SMILES string of the molecule is O=C1N=C2SC3C4CCC(C4)C3C(c3ccc(O)cc3)C2S1. The lowest BCUT2D eigenvalue weighted by molar-refractivity contribution is 0.268. The minimum Gasteiger partial charge on any atom is -0.508 e. The highest BCUT2D eigenvalue weighted by Gasteiger charge is 2.58. The van der Waals surface area contributed by atoms with E-state index < -0.39 is 0 Å². The van der Waals surface area contributed by atoms with Crippen LogP contribution in [0.3, 0.4) is 0 Å². The highest BCUT2D eigenvalue weighted by molar-refractivity contribution is 8.22. The van der Waals surface area contributed by atoms with Crippen LogP contribution in [0.15, 0.2) is 29.3 Å². The lowest BCUT2D eigenvalue weighted by Gasteiger charge is -2.43. The van der Waals surface area contributed by atoms with Gasteiger partial charge in [0, 0.05) is 11.2 Å². The first kappa shape index (κ1) is 13.5. The maximum Gasteiger partial charge on any atom is 0.306 e. The molecule has 2 saturated carbocycles. The van der Waals surface area contributed by atoms with Crippen molar-refractivity contribution in [3.63, 3.8) is 0 Å². The predicted octanol–water partition coefficient (Wildman–Crippen LogP) is 4.27. The van der Waals surface area contributed by atoms with Gasteiger partial charge in [0.1, 0.15) is 5.75 Å². The van der Waals surface area contributed by atoms with Crippen LogP contribution >= 0.6 is 23.5 Å². The van der Waals surface area contributed by atoms with Crippen LogP contribution in [0.1, 0.15) is 30.7 Å². The van der Waals surface area contributed by atoms with E-state index in [9.17, 15) is 9.90 Å². The first-order chi connectivity index (χ1) is 10.7. The van der Waals surface area contributed by atoms with E-state index in [0.29, 0.717) is 22.8 Å². The molecule has 6 unspecified atom stereocenters. The smallest absolute Gasteiger partial charge is 0.306 e. The molecule has 0 aromatic heterocycles. The summed E-state index contributed by atoms with van der Waals surface area (Å²) in [5.74, 6) is 2.96. The Kier molecular flexibility index (Phi) is 2.93. The summed E-state index contributed by atoms with van der Waals surface area (Å²) in [5.41, 5.74) is 1.26. The van der Waals surface area contributed by atoms with Gasteiger partial charge in [0.2, 0.25) is 0 Å². The molecule has 1 saturated heterocycles. The highest BCUT2D eigenvalue weighted by atomic mass is 32.2. The van der Waals surface area contributed by atoms with E-state index in [1.165, 1.54) is 36.6 Å². The number of aliphatic imine (C=N–C) groups is 1. The zero-order chi connectivity index (χ0) is 14.8. The molecule has 2 aliphatic heterocycles. The molecule has 114 valence electrons. The summed E-state index contributed by atoms with van der Waals surface area (Å²) in [4.78, 5) is 16.2. The number of aromatic hydroxyl groups is 1. The van der Waals surface area contributed by atoms with Gasteiger partial charge in [-0.05, 0) is 54.7 Å². The van der Waals surface area contributed by atoms with Crippen LogP contribution in [-0.2, 0) is 0 Å². The molecule has 5 rings (SSSR count). The molecular weight excluding hydrogens is 314 g/mol. The lowest BCUT2D eigenvalue weighted by Crippen LogP contribution is -2.42. The summed E-state index contributed by atoms with van der Waals surface area (Å²) in [7, 11) is 0. The normalized spacial score (nSPS) is 42.2. The zero-order valence-electron chi connectivity index (χ0n) is 12.0. The summed E-state index contributed by atoms with van der Waals surface area (Å²) in [6.45, 7) is 0. The van der Waals surface area contributed by atoms with Crippen LogP contribution < -0.4 is 0 Å². The highest BCUT2D eigenvalue weighted by Crippen LogP contribution is 2.63. The molecule has 2 heterocycles. The molecule has 1 aromatic carbocycles. The van der Waals surface area contributed by atoms with Crippen LogP contribution in [0.4, 0.5) is 4.79 Å². The molecule has 22 heavy (non-hydrogen) atoms. The Morgan fingerprint density at radius 1 is 1.09 bits per heavy atom. The second-order valence-corrected chi connectivity index (χ2v) is 9.16. The van der Waals surface area contributed by atoms with Gasteiger partial charge >= 0.3 is 5.24 Å². The van der Waals surface area contributed by atoms with Crippen molar-refractivity contribution in [3.05, 3.63) is 29.8 Å². The average molecular weight is 331 g/mol. The van der Waals surface area contributed by atoms with Gasteiger partial charge < -0.3 is 5.11 Å². The van der Waals surface area contributed by atoms with Crippen molar-refractivity contribution in [3.8, 4) is 5.75 Å². The quantitative estimate of drug-likeness (QED) is 0.835. The molecule has 0 spiro atoms. The summed E-state index contributed by atoms with van der Waals surface area (Å²) in [5, 5.41) is 11.5. The van der Waals surface area contributed by atoms with E-state index in [4.69, 9.17) is 0 Å². The number of nitrogens with zero attached hydrogens (tertiary/aromatic N) is 1. The average Bonchev–Trinajstić information content (AvgIpc) is 3.19. The van der Waals surface area contributed by atoms with Gasteiger partial charge in [-0.25, -0.2) is 4.99 Å². The topological polar surface area (TPSA) is 49.7 Å². The third-order valence-corrected chi connectivity index (χ3v) is 8.62. The number of phenolic OH excluding ortho intramolecular Hbond substituents is 1. The Morgan fingerprint density at radius 2 is 1.86 bits per heavy atom. The standard InChI is InChI=1S/C17H17NO2S2/c19-11-5-3-8(4-6-11)12-13-9-1-2-10(7-9)14(13)21-16-15(12)22-17(20)18-16/h3-6,9-10,12-15,19H,1-2,7H2. The monoisotopic (exact) mass is 331 g/mol. The number of carbonyl (C=O) groups is 1. The number of phenols is 1. The van der Waals surface area contributed by atoms with Gasteiger partial charge in [-0.1, -0.05) is 23.9 Å². The number of rotatable bonds is 1. The first-order valence-electron chi connectivity index (χ1n) is 7.95. The summed E-state index contributed by atoms with van der Waals surface area (Å²) < 4.78 is 0. The second-order valence-electron chi connectivity index (χ2n) is 6.86. The van der Waals surface area contributed by atoms with Gasteiger partial charge in [-0.3, -0.25) is 4.79 Å². The number of hydrogen-bond acceptors (Lipinski definition) is 4. The van der Waals surface area contributed by atoms with E-state index >= 15 is 0 Å². The lowest BCUT2D eigenvalue weighted by atomic mass is 9.74. The summed E-state index contributed by atoms with van der Waals surface area (Å²) in [6.07, 6.45) is 4.05. The molecule has 4 aliphatic rings. The van der Waals surface area contributed by atoms with E-state index in [0.717, 1.165) is 16.9 Å². The molecular formula is C17H17NO2S2. The number of thioether (sulfide) groups is 2. The Balaban J connectivity index is 1.60. The van der Waals surface area contributed by atoms with Gasteiger partial charge in [0.05, 0.1) is 10.3 Å². The van der Waals surface area contributed by atoms with Crippen molar-refractivity contribution >= 4 is 33.8 Å². The molecule has 3 fully saturated rings. The van der Waals surface area contributed by atoms with E-state index in [-0.39, 0.29) is 10.5 Å². The van der Waals surface area contributed by atoms with E-state index in [1.54, 1.807) is 12.1 Å². The minimum absolute atomic E-state index is 0.0244. The van der Waals surface area contributed by atoms with Crippen LogP contribution in [-0.4, -0.2) is 25.9 Å². The maximum atomic E-state index is 11.9. The number of carbonyl (C=O) groups excluding carboxylic acids is 1. The molecule has 5 heteroatoms. The van der Waals surface area contributed by atoms with Crippen molar-refractivity contribution in [1.29, 1.82) is 0 Å². The predicted molar refractivity (Wildman–Crippen MR) is 90.8 cm³/mol. The molecule has 2 bridgehead atoms. The first-order valence-corrected chi connectivity index (χ1v) is 9.71. The van der Waals surface area contributed by atoms with Gasteiger partial charge in [0.15, 0.2) is 0 Å². The Labute approximate surface area is 138 Å². The van der Waals surface area contributed by atoms with Crippen molar-refractivity contribution in [1.82, 2.24) is 0 Å². The fourth-order valence-electron chi connectivity index (χ4n) is 5.05. The van der Waals surface area contributed by atoms with Crippen molar-refractivity contribution in [2.45, 2.75) is 35.7 Å². The van der Waals surface area contributed by atoms with Crippen LogP contribution in [0.5, 0.6) is 5.75 Å². The molecule has 1 N–H and O–H groups in total.